The fourth-order valence-corrected chi connectivity index (χ4v) is 1.44. The van der Waals surface area contributed by atoms with Crippen LogP contribution in [0.3, 0.4) is 0 Å². The number of anilines is 1. The number of nitrogen functional groups attached to an aromatic ring is 1. The SMILES string of the molecule is Cc1cnc(NN)nc1-n1cc(Br)cn1. The summed E-state index contributed by atoms with van der Waals surface area (Å²) >= 11 is 3.32. The average Bonchev–Trinajstić information content (AvgIpc) is 2.65. The second-order valence-electron chi connectivity index (χ2n) is 2.95. The number of nitrogens with one attached hydrogen (secondary N) is 1. The molecule has 0 fully saturated rings. The normalized spacial score (nSPS) is 10.3. The maximum Gasteiger partial charge on any atom is 0.239 e. The van der Waals surface area contributed by atoms with E-state index in [4.69, 9.17) is 5.84 Å². The summed E-state index contributed by atoms with van der Waals surface area (Å²) in [7, 11) is 0. The van der Waals surface area contributed by atoms with E-state index < -0.39 is 0 Å². The highest BCUT2D eigenvalue weighted by molar-refractivity contribution is 9.10. The number of hydrazine groups is 1. The van der Waals surface area contributed by atoms with E-state index in [-0.39, 0.29) is 0 Å². The van der Waals surface area contributed by atoms with Crippen molar-refractivity contribution in [2.75, 3.05) is 5.43 Å². The van der Waals surface area contributed by atoms with Crippen molar-refractivity contribution in [1.82, 2.24) is 19.7 Å². The number of hydrogen-bond donors (Lipinski definition) is 2. The number of aromatic nitrogens is 4. The first-order valence-electron chi connectivity index (χ1n) is 4.21. The molecule has 0 radical (unpaired) electrons. The van der Waals surface area contributed by atoms with E-state index in [2.05, 4.69) is 36.4 Å². The first-order chi connectivity index (χ1) is 7.20. The third kappa shape index (κ3) is 1.97. The Bertz CT molecular complexity index is 480. The maximum atomic E-state index is 5.24. The van der Waals surface area contributed by atoms with Crippen LogP contribution in [0.1, 0.15) is 5.56 Å². The second kappa shape index (κ2) is 3.95. The molecule has 0 aliphatic carbocycles. The monoisotopic (exact) mass is 268 g/mol. The molecule has 0 aromatic carbocycles. The molecule has 0 atom stereocenters. The molecule has 0 saturated carbocycles. The molecule has 2 aromatic rings. The predicted octanol–water partition coefficient (Wildman–Crippen LogP) is 1.02. The van der Waals surface area contributed by atoms with E-state index in [0.29, 0.717) is 11.8 Å². The van der Waals surface area contributed by atoms with Crippen LogP contribution in [0.5, 0.6) is 0 Å². The number of hydrogen-bond acceptors (Lipinski definition) is 5. The van der Waals surface area contributed by atoms with Crippen molar-refractivity contribution in [2.24, 2.45) is 5.84 Å². The van der Waals surface area contributed by atoms with Gasteiger partial charge < -0.3 is 0 Å². The van der Waals surface area contributed by atoms with Crippen LogP contribution in [-0.4, -0.2) is 19.7 Å². The minimum Gasteiger partial charge on any atom is -0.292 e. The molecule has 78 valence electrons. The molecule has 6 nitrogen and oxygen atoms in total. The molecule has 0 aliphatic heterocycles. The Hall–Kier alpha value is -1.47. The number of nitrogens with two attached hydrogens (primary N) is 1. The topological polar surface area (TPSA) is 81.6 Å². The summed E-state index contributed by atoms with van der Waals surface area (Å²) in [5, 5.41) is 4.13. The van der Waals surface area contributed by atoms with E-state index in [1.807, 2.05) is 13.1 Å². The molecule has 0 amide bonds. The summed E-state index contributed by atoms with van der Waals surface area (Å²) in [5.74, 6) is 6.30. The molecule has 7 heteroatoms. The Labute approximate surface area is 94.6 Å². The summed E-state index contributed by atoms with van der Waals surface area (Å²) in [6, 6.07) is 0. The number of rotatable bonds is 2. The number of halogens is 1. The third-order valence-electron chi connectivity index (χ3n) is 1.84. The molecule has 2 aromatic heterocycles. The molecular formula is C8H9BrN6. The van der Waals surface area contributed by atoms with Gasteiger partial charge in [0.2, 0.25) is 5.95 Å². The third-order valence-corrected chi connectivity index (χ3v) is 2.25. The molecule has 0 unspecified atom stereocenters. The van der Waals surface area contributed by atoms with Gasteiger partial charge in [-0.2, -0.15) is 10.1 Å². The predicted molar refractivity (Wildman–Crippen MR) is 59.4 cm³/mol. The van der Waals surface area contributed by atoms with Gasteiger partial charge in [-0.05, 0) is 22.9 Å². The van der Waals surface area contributed by atoms with Crippen molar-refractivity contribution in [3.8, 4) is 5.82 Å². The largest absolute Gasteiger partial charge is 0.292 e. The highest BCUT2D eigenvalue weighted by Gasteiger charge is 2.06. The molecule has 15 heavy (non-hydrogen) atoms. The zero-order valence-corrected chi connectivity index (χ0v) is 9.56. The van der Waals surface area contributed by atoms with Gasteiger partial charge in [-0.1, -0.05) is 0 Å². The molecule has 0 bridgehead atoms. The Balaban J connectivity index is 2.51. The molecule has 0 saturated heterocycles. The van der Waals surface area contributed by atoms with Crippen molar-refractivity contribution in [1.29, 1.82) is 0 Å². The van der Waals surface area contributed by atoms with Crippen molar-refractivity contribution < 1.29 is 0 Å². The maximum absolute atomic E-state index is 5.24. The smallest absolute Gasteiger partial charge is 0.239 e. The average molecular weight is 269 g/mol. The van der Waals surface area contributed by atoms with E-state index in [9.17, 15) is 0 Å². The zero-order valence-electron chi connectivity index (χ0n) is 7.98. The summed E-state index contributed by atoms with van der Waals surface area (Å²) in [4.78, 5) is 8.20. The van der Waals surface area contributed by atoms with E-state index in [1.165, 1.54) is 0 Å². The van der Waals surface area contributed by atoms with Crippen molar-refractivity contribution in [3.63, 3.8) is 0 Å². The standard InChI is InChI=1S/C8H9BrN6/c1-5-2-11-8(14-10)13-7(5)15-4-6(9)3-12-15/h2-4H,10H2,1H3,(H,11,13,14). The molecule has 3 N–H and O–H groups in total. The van der Waals surface area contributed by atoms with E-state index >= 15 is 0 Å². The van der Waals surface area contributed by atoms with Crippen molar-refractivity contribution in [2.45, 2.75) is 6.92 Å². The summed E-state index contributed by atoms with van der Waals surface area (Å²) < 4.78 is 2.55. The van der Waals surface area contributed by atoms with Crippen LogP contribution >= 0.6 is 15.9 Å². The van der Waals surface area contributed by atoms with Crippen LogP contribution in [0, 0.1) is 6.92 Å². The molecule has 2 rings (SSSR count). The second-order valence-corrected chi connectivity index (χ2v) is 3.86. The van der Waals surface area contributed by atoms with Crippen LogP contribution in [-0.2, 0) is 0 Å². The van der Waals surface area contributed by atoms with E-state index in [0.717, 1.165) is 10.0 Å². The Morgan fingerprint density at radius 3 is 2.87 bits per heavy atom. The quantitative estimate of drug-likeness (QED) is 0.628. The van der Waals surface area contributed by atoms with Crippen LogP contribution in [0.25, 0.3) is 5.82 Å². The van der Waals surface area contributed by atoms with Gasteiger partial charge in [0.15, 0.2) is 5.82 Å². The van der Waals surface area contributed by atoms with Crippen LogP contribution in [0.4, 0.5) is 5.95 Å². The lowest BCUT2D eigenvalue weighted by Crippen LogP contribution is -2.12. The van der Waals surface area contributed by atoms with Gasteiger partial charge >= 0.3 is 0 Å². The van der Waals surface area contributed by atoms with Gasteiger partial charge in [-0.15, -0.1) is 0 Å². The van der Waals surface area contributed by atoms with Gasteiger partial charge in [0.1, 0.15) is 0 Å². The van der Waals surface area contributed by atoms with Gasteiger partial charge in [-0.3, -0.25) is 5.43 Å². The molecule has 0 aliphatic rings. The lowest BCUT2D eigenvalue weighted by atomic mass is 10.3. The highest BCUT2D eigenvalue weighted by atomic mass is 79.9. The highest BCUT2D eigenvalue weighted by Crippen LogP contribution is 2.14. The molecule has 0 spiro atoms. The minimum atomic E-state index is 0.363. The lowest BCUT2D eigenvalue weighted by Gasteiger charge is -2.05. The van der Waals surface area contributed by atoms with Gasteiger partial charge in [-0.25, -0.2) is 15.5 Å². The van der Waals surface area contributed by atoms with Crippen molar-refractivity contribution in [3.05, 3.63) is 28.6 Å². The Morgan fingerprint density at radius 1 is 1.47 bits per heavy atom. The molecular weight excluding hydrogens is 260 g/mol. The van der Waals surface area contributed by atoms with E-state index in [1.54, 1.807) is 17.1 Å². The fourth-order valence-electron chi connectivity index (χ4n) is 1.15. The Kier molecular flexibility index (Phi) is 2.65. The fraction of sp³-hybridized carbons (Fsp3) is 0.125. The minimum absolute atomic E-state index is 0.363. The lowest BCUT2D eigenvalue weighted by molar-refractivity contribution is 0.829. The first-order valence-corrected chi connectivity index (χ1v) is 5.01. The number of aryl methyl sites for hydroxylation is 1. The first kappa shape index (κ1) is 10.1. The number of nitrogens with zero attached hydrogens (tertiary/aromatic N) is 4. The zero-order chi connectivity index (χ0) is 10.8. The van der Waals surface area contributed by atoms with Crippen LogP contribution < -0.4 is 11.3 Å². The summed E-state index contributed by atoms with van der Waals surface area (Å²) in [5.41, 5.74) is 3.32. The van der Waals surface area contributed by atoms with Crippen LogP contribution in [0.2, 0.25) is 0 Å². The molecule has 2 heterocycles. The Morgan fingerprint density at radius 2 is 2.27 bits per heavy atom. The van der Waals surface area contributed by atoms with Gasteiger partial charge in [0.05, 0.1) is 10.7 Å². The van der Waals surface area contributed by atoms with Crippen molar-refractivity contribution >= 4 is 21.9 Å². The van der Waals surface area contributed by atoms with Crippen LogP contribution in [0.15, 0.2) is 23.1 Å². The summed E-state index contributed by atoms with van der Waals surface area (Å²) in [6.45, 7) is 1.91. The summed E-state index contributed by atoms with van der Waals surface area (Å²) in [6.07, 6.45) is 5.19. The van der Waals surface area contributed by atoms with Gasteiger partial charge in [0, 0.05) is 18.0 Å². The van der Waals surface area contributed by atoms with Gasteiger partial charge in [0.25, 0.3) is 0 Å².